The van der Waals surface area contributed by atoms with Gasteiger partial charge in [-0.1, -0.05) is 12.1 Å². The Kier molecular flexibility index (Phi) is 3.32. The minimum atomic E-state index is 0.370. The molecule has 1 heterocycles. The highest BCUT2D eigenvalue weighted by molar-refractivity contribution is 5.62. The van der Waals surface area contributed by atoms with E-state index in [-0.39, 0.29) is 0 Å². The average molecular weight is 231 g/mol. The molecule has 0 aliphatic heterocycles. The number of hydrogen-bond donors (Lipinski definition) is 1. The first kappa shape index (κ1) is 11.5. The summed E-state index contributed by atoms with van der Waals surface area (Å²) in [5.41, 5.74) is 0.920. The summed E-state index contributed by atoms with van der Waals surface area (Å²) in [7, 11) is 1.66. The lowest BCUT2D eigenvalue weighted by Crippen LogP contribution is -2.05. The van der Waals surface area contributed by atoms with Crippen molar-refractivity contribution in [1.29, 1.82) is 0 Å². The van der Waals surface area contributed by atoms with E-state index in [0.717, 1.165) is 17.4 Å². The number of imidazole rings is 1. The van der Waals surface area contributed by atoms with Crippen LogP contribution in [0.2, 0.25) is 0 Å². The number of hydrogen-bond acceptors (Lipinski definition) is 3. The maximum Gasteiger partial charge on any atom is 0.207 e. The summed E-state index contributed by atoms with van der Waals surface area (Å²) in [5, 5.41) is 3.28. The molecule has 4 heteroatoms. The summed E-state index contributed by atoms with van der Waals surface area (Å²) in [6.07, 6.45) is 3.75. The first-order chi connectivity index (χ1) is 8.22. The zero-order valence-electron chi connectivity index (χ0n) is 10.3. The van der Waals surface area contributed by atoms with E-state index >= 15 is 0 Å². The van der Waals surface area contributed by atoms with Gasteiger partial charge in [-0.15, -0.1) is 0 Å². The normalized spacial score (nSPS) is 10.6. The maximum atomic E-state index is 5.29. The zero-order chi connectivity index (χ0) is 12.3. The number of ether oxygens (including phenoxy) is 1. The van der Waals surface area contributed by atoms with Crippen LogP contribution in [0, 0.1) is 0 Å². The Labute approximate surface area is 101 Å². The van der Waals surface area contributed by atoms with E-state index in [1.54, 1.807) is 13.3 Å². The van der Waals surface area contributed by atoms with Crippen LogP contribution in [-0.4, -0.2) is 16.7 Å². The SMILES string of the molecule is COc1ccccc1Nc1nccn1C(C)C. The summed E-state index contributed by atoms with van der Waals surface area (Å²) in [5.74, 6) is 1.63. The van der Waals surface area contributed by atoms with Gasteiger partial charge in [0.2, 0.25) is 5.95 Å². The van der Waals surface area contributed by atoms with E-state index in [9.17, 15) is 0 Å². The van der Waals surface area contributed by atoms with Crippen molar-refractivity contribution in [2.45, 2.75) is 19.9 Å². The third-order valence-electron chi connectivity index (χ3n) is 2.58. The Morgan fingerprint density at radius 3 is 2.76 bits per heavy atom. The lowest BCUT2D eigenvalue weighted by molar-refractivity contribution is 0.416. The minimum absolute atomic E-state index is 0.370. The summed E-state index contributed by atoms with van der Waals surface area (Å²) < 4.78 is 7.37. The molecule has 0 amide bonds. The number of nitrogens with one attached hydrogen (secondary N) is 1. The molecule has 0 saturated carbocycles. The third-order valence-corrected chi connectivity index (χ3v) is 2.58. The number of anilines is 2. The standard InChI is InChI=1S/C13H17N3O/c1-10(2)16-9-8-14-13(16)15-11-6-4-5-7-12(11)17-3/h4-10H,1-3H3,(H,14,15). The van der Waals surface area contributed by atoms with Crippen molar-refractivity contribution in [3.63, 3.8) is 0 Å². The number of methoxy groups -OCH3 is 1. The summed E-state index contributed by atoms with van der Waals surface area (Å²) >= 11 is 0. The molecule has 2 aromatic rings. The molecule has 0 radical (unpaired) electrons. The van der Waals surface area contributed by atoms with Gasteiger partial charge in [0.15, 0.2) is 0 Å². The van der Waals surface area contributed by atoms with Crippen LogP contribution in [0.4, 0.5) is 11.6 Å². The quantitative estimate of drug-likeness (QED) is 0.878. The van der Waals surface area contributed by atoms with Crippen LogP contribution in [0.3, 0.4) is 0 Å². The Balaban J connectivity index is 2.28. The van der Waals surface area contributed by atoms with Gasteiger partial charge in [-0.3, -0.25) is 0 Å². The van der Waals surface area contributed by atoms with Gasteiger partial charge in [0, 0.05) is 18.4 Å². The Morgan fingerprint density at radius 2 is 2.06 bits per heavy atom. The summed E-state index contributed by atoms with van der Waals surface area (Å²) in [6, 6.07) is 8.17. The van der Waals surface area contributed by atoms with Gasteiger partial charge in [0.1, 0.15) is 5.75 Å². The molecule has 90 valence electrons. The second-order valence-corrected chi connectivity index (χ2v) is 4.08. The van der Waals surface area contributed by atoms with E-state index in [4.69, 9.17) is 4.74 Å². The van der Waals surface area contributed by atoms with Crippen molar-refractivity contribution in [2.75, 3.05) is 12.4 Å². The molecule has 0 saturated heterocycles. The molecule has 4 nitrogen and oxygen atoms in total. The first-order valence-corrected chi connectivity index (χ1v) is 5.65. The van der Waals surface area contributed by atoms with E-state index in [1.165, 1.54) is 0 Å². The first-order valence-electron chi connectivity index (χ1n) is 5.65. The van der Waals surface area contributed by atoms with Crippen LogP contribution in [0.25, 0.3) is 0 Å². The van der Waals surface area contributed by atoms with Crippen molar-refractivity contribution in [3.8, 4) is 5.75 Å². The van der Waals surface area contributed by atoms with Gasteiger partial charge in [-0.2, -0.15) is 0 Å². The molecular formula is C13H17N3O. The fraction of sp³-hybridized carbons (Fsp3) is 0.308. The molecule has 17 heavy (non-hydrogen) atoms. The summed E-state index contributed by atoms with van der Waals surface area (Å²) in [6.45, 7) is 4.24. The van der Waals surface area contributed by atoms with Gasteiger partial charge in [-0.25, -0.2) is 4.98 Å². The number of nitrogens with zero attached hydrogens (tertiary/aromatic N) is 2. The Morgan fingerprint density at radius 1 is 1.29 bits per heavy atom. The number of para-hydroxylation sites is 2. The van der Waals surface area contributed by atoms with Crippen LogP contribution in [0.1, 0.15) is 19.9 Å². The van der Waals surface area contributed by atoms with Crippen LogP contribution in [0.15, 0.2) is 36.7 Å². The van der Waals surface area contributed by atoms with Gasteiger partial charge >= 0.3 is 0 Å². The van der Waals surface area contributed by atoms with E-state index in [0.29, 0.717) is 6.04 Å². The number of benzene rings is 1. The van der Waals surface area contributed by atoms with Crippen molar-refractivity contribution < 1.29 is 4.74 Å². The topological polar surface area (TPSA) is 39.1 Å². The molecule has 2 rings (SSSR count). The van der Waals surface area contributed by atoms with Crippen molar-refractivity contribution in [3.05, 3.63) is 36.7 Å². The predicted octanol–water partition coefficient (Wildman–Crippen LogP) is 3.22. The van der Waals surface area contributed by atoms with Crippen LogP contribution >= 0.6 is 0 Å². The van der Waals surface area contributed by atoms with Gasteiger partial charge in [0.25, 0.3) is 0 Å². The smallest absolute Gasteiger partial charge is 0.207 e. The fourth-order valence-corrected chi connectivity index (χ4v) is 1.69. The maximum absolute atomic E-state index is 5.29. The lowest BCUT2D eigenvalue weighted by Gasteiger charge is -2.14. The highest BCUT2D eigenvalue weighted by Crippen LogP contribution is 2.27. The molecule has 1 N–H and O–H groups in total. The molecular weight excluding hydrogens is 214 g/mol. The second kappa shape index (κ2) is 4.91. The minimum Gasteiger partial charge on any atom is -0.495 e. The molecule has 0 aliphatic rings. The number of rotatable bonds is 4. The molecule has 0 spiro atoms. The summed E-state index contributed by atoms with van der Waals surface area (Å²) in [4.78, 5) is 4.30. The number of aromatic nitrogens is 2. The predicted molar refractivity (Wildman–Crippen MR) is 68.9 cm³/mol. The fourth-order valence-electron chi connectivity index (χ4n) is 1.69. The van der Waals surface area contributed by atoms with Gasteiger partial charge in [-0.05, 0) is 26.0 Å². The molecule has 0 atom stereocenters. The molecule has 1 aromatic carbocycles. The van der Waals surface area contributed by atoms with Crippen molar-refractivity contribution in [2.24, 2.45) is 0 Å². The van der Waals surface area contributed by atoms with E-state index in [2.05, 4.69) is 28.7 Å². The monoisotopic (exact) mass is 231 g/mol. The Hall–Kier alpha value is -1.97. The molecule has 0 unspecified atom stereocenters. The zero-order valence-corrected chi connectivity index (χ0v) is 10.3. The molecule has 0 aliphatic carbocycles. The largest absolute Gasteiger partial charge is 0.495 e. The van der Waals surface area contributed by atoms with Crippen molar-refractivity contribution >= 4 is 11.6 Å². The molecule has 0 fully saturated rings. The van der Waals surface area contributed by atoms with Gasteiger partial charge in [0.05, 0.1) is 12.8 Å². The second-order valence-electron chi connectivity index (χ2n) is 4.08. The highest BCUT2D eigenvalue weighted by Gasteiger charge is 2.08. The highest BCUT2D eigenvalue weighted by atomic mass is 16.5. The Bertz CT molecular complexity index is 491. The molecule has 1 aromatic heterocycles. The van der Waals surface area contributed by atoms with Crippen LogP contribution in [0.5, 0.6) is 5.75 Å². The van der Waals surface area contributed by atoms with E-state index in [1.807, 2.05) is 30.5 Å². The van der Waals surface area contributed by atoms with Crippen molar-refractivity contribution in [1.82, 2.24) is 9.55 Å². The third kappa shape index (κ3) is 2.41. The van der Waals surface area contributed by atoms with E-state index < -0.39 is 0 Å². The average Bonchev–Trinajstić information content (AvgIpc) is 2.78. The van der Waals surface area contributed by atoms with Gasteiger partial charge < -0.3 is 14.6 Å². The van der Waals surface area contributed by atoms with Crippen LogP contribution < -0.4 is 10.1 Å². The molecule has 0 bridgehead atoms. The lowest BCUT2D eigenvalue weighted by atomic mass is 10.3. The van der Waals surface area contributed by atoms with Crippen LogP contribution in [-0.2, 0) is 0 Å².